The summed E-state index contributed by atoms with van der Waals surface area (Å²) in [4.78, 5) is 24.7. The largest absolute Gasteiger partial charge is 0.326 e. The van der Waals surface area contributed by atoms with E-state index in [0.717, 1.165) is 61.7 Å². The molecule has 172 valence electrons. The molecule has 1 aliphatic heterocycles. The molecule has 5 nitrogen and oxygen atoms in total. The fourth-order valence-corrected chi connectivity index (χ4v) is 4.50. The van der Waals surface area contributed by atoms with E-state index in [1.54, 1.807) is 12.1 Å². The van der Waals surface area contributed by atoms with Gasteiger partial charge in [0.2, 0.25) is 5.91 Å². The molecular weight excluding hydrogens is 415 g/mol. The Bertz CT molecular complexity index is 1060. The van der Waals surface area contributed by atoms with Crippen LogP contribution in [0.2, 0.25) is 0 Å². The minimum atomic E-state index is -0.329. The molecule has 1 amide bonds. The Kier molecular flexibility index (Phi) is 7.45. The molecule has 1 fully saturated rings. The average molecular weight is 447 g/mol. The number of benzene rings is 2. The SMILES string of the molecule is Cc1nc(C2CCCN(CCc3ccccc3)C2)nc(C)c1CC(=O)Nc1ccc(F)cc1. The molecule has 2 aromatic carbocycles. The van der Waals surface area contributed by atoms with Gasteiger partial charge in [-0.05, 0) is 69.5 Å². The van der Waals surface area contributed by atoms with E-state index in [2.05, 4.69) is 40.5 Å². The molecule has 0 bridgehead atoms. The van der Waals surface area contributed by atoms with E-state index in [0.29, 0.717) is 11.6 Å². The highest BCUT2D eigenvalue weighted by molar-refractivity contribution is 5.92. The van der Waals surface area contributed by atoms with Crippen LogP contribution in [0.4, 0.5) is 10.1 Å². The number of nitrogens with one attached hydrogen (secondary N) is 1. The van der Waals surface area contributed by atoms with Crippen molar-refractivity contribution in [3.8, 4) is 0 Å². The summed E-state index contributed by atoms with van der Waals surface area (Å²) in [5.74, 6) is 0.713. The Labute approximate surface area is 195 Å². The van der Waals surface area contributed by atoms with Gasteiger partial charge in [0.15, 0.2) is 0 Å². The first-order valence-electron chi connectivity index (χ1n) is 11.6. The van der Waals surface area contributed by atoms with Gasteiger partial charge in [-0.15, -0.1) is 0 Å². The second-order valence-electron chi connectivity index (χ2n) is 8.84. The van der Waals surface area contributed by atoms with Crippen LogP contribution >= 0.6 is 0 Å². The number of halogens is 1. The monoisotopic (exact) mass is 446 g/mol. The fourth-order valence-electron chi connectivity index (χ4n) is 4.50. The van der Waals surface area contributed by atoms with Crippen LogP contribution in [0.3, 0.4) is 0 Å². The molecule has 1 N–H and O–H groups in total. The highest BCUT2D eigenvalue weighted by Crippen LogP contribution is 2.26. The van der Waals surface area contributed by atoms with E-state index >= 15 is 0 Å². The number of piperidine rings is 1. The zero-order valence-electron chi connectivity index (χ0n) is 19.4. The van der Waals surface area contributed by atoms with Gasteiger partial charge in [-0.25, -0.2) is 14.4 Å². The molecule has 1 aromatic heterocycles. The summed E-state index contributed by atoms with van der Waals surface area (Å²) in [6.45, 7) is 7.03. The highest BCUT2D eigenvalue weighted by Gasteiger charge is 2.25. The molecule has 1 unspecified atom stereocenters. The topological polar surface area (TPSA) is 58.1 Å². The minimum absolute atomic E-state index is 0.158. The maximum absolute atomic E-state index is 13.1. The van der Waals surface area contributed by atoms with E-state index < -0.39 is 0 Å². The van der Waals surface area contributed by atoms with Crippen molar-refractivity contribution in [2.24, 2.45) is 0 Å². The van der Waals surface area contributed by atoms with Gasteiger partial charge in [0, 0.05) is 41.6 Å². The van der Waals surface area contributed by atoms with Crippen LogP contribution in [0.1, 0.15) is 47.1 Å². The van der Waals surface area contributed by atoms with Crippen LogP contribution in [0, 0.1) is 19.7 Å². The molecule has 1 aliphatic rings. The number of aryl methyl sites for hydroxylation is 2. The second kappa shape index (κ2) is 10.7. The normalized spacial score (nSPS) is 16.5. The van der Waals surface area contributed by atoms with Crippen LogP contribution in [0.25, 0.3) is 0 Å². The lowest BCUT2D eigenvalue weighted by molar-refractivity contribution is -0.115. The number of nitrogens with zero attached hydrogens (tertiary/aromatic N) is 3. The molecule has 1 saturated heterocycles. The number of hydrogen-bond acceptors (Lipinski definition) is 4. The van der Waals surface area contributed by atoms with E-state index in [9.17, 15) is 9.18 Å². The number of likely N-dealkylation sites (tertiary alicyclic amines) is 1. The third kappa shape index (κ3) is 6.23. The molecule has 4 rings (SSSR count). The van der Waals surface area contributed by atoms with Crippen molar-refractivity contribution in [2.45, 2.75) is 45.4 Å². The van der Waals surface area contributed by atoms with Gasteiger partial charge in [0.1, 0.15) is 11.6 Å². The lowest BCUT2D eigenvalue weighted by Gasteiger charge is -2.32. The second-order valence-corrected chi connectivity index (χ2v) is 8.84. The summed E-state index contributed by atoms with van der Waals surface area (Å²) in [5.41, 5.74) is 4.51. The van der Waals surface area contributed by atoms with Crippen LogP contribution in [0.15, 0.2) is 54.6 Å². The Hall–Kier alpha value is -3.12. The Balaban J connectivity index is 1.38. The van der Waals surface area contributed by atoms with Crippen molar-refractivity contribution < 1.29 is 9.18 Å². The molecule has 0 spiro atoms. The number of hydrogen-bond donors (Lipinski definition) is 1. The number of anilines is 1. The van der Waals surface area contributed by atoms with Gasteiger partial charge < -0.3 is 10.2 Å². The zero-order valence-corrected chi connectivity index (χ0v) is 19.4. The van der Waals surface area contributed by atoms with Crippen LogP contribution in [-0.2, 0) is 17.6 Å². The first kappa shape index (κ1) is 23.1. The molecule has 33 heavy (non-hydrogen) atoms. The summed E-state index contributed by atoms with van der Waals surface area (Å²) in [5, 5.41) is 2.82. The molecule has 0 aliphatic carbocycles. The third-order valence-electron chi connectivity index (χ3n) is 6.33. The molecule has 0 radical (unpaired) electrons. The van der Waals surface area contributed by atoms with E-state index in [1.165, 1.54) is 17.7 Å². The van der Waals surface area contributed by atoms with Gasteiger partial charge >= 0.3 is 0 Å². The summed E-state index contributed by atoms with van der Waals surface area (Å²) in [6.07, 6.45) is 3.48. The van der Waals surface area contributed by atoms with Crippen LogP contribution in [-0.4, -0.2) is 40.4 Å². The Morgan fingerprint density at radius 3 is 2.45 bits per heavy atom. The summed E-state index contributed by atoms with van der Waals surface area (Å²) >= 11 is 0. The molecule has 0 saturated carbocycles. The van der Waals surface area contributed by atoms with Crippen molar-refractivity contribution in [1.82, 2.24) is 14.9 Å². The number of carbonyl (C=O) groups is 1. The van der Waals surface area contributed by atoms with Crippen molar-refractivity contribution in [2.75, 3.05) is 25.0 Å². The maximum atomic E-state index is 13.1. The molecule has 1 atom stereocenters. The molecule has 3 aromatic rings. The molecule has 2 heterocycles. The summed E-state index contributed by atoms with van der Waals surface area (Å²) in [6, 6.07) is 16.4. The van der Waals surface area contributed by atoms with Crippen LogP contribution in [0.5, 0.6) is 0 Å². The standard InChI is InChI=1S/C27H31FN4O/c1-19-25(17-26(33)31-24-12-10-23(28)11-13-24)20(2)30-27(29-19)22-9-6-15-32(18-22)16-14-21-7-4-3-5-8-21/h3-5,7-8,10-13,22H,6,9,14-18H2,1-2H3,(H,31,33). The van der Waals surface area contributed by atoms with Gasteiger partial charge in [-0.3, -0.25) is 4.79 Å². The fraction of sp³-hybridized carbons (Fsp3) is 0.370. The van der Waals surface area contributed by atoms with E-state index in [1.807, 2.05) is 13.8 Å². The maximum Gasteiger partial charge on any atom is 0.228 e. The first-order valence-corrected chi connectivity index (χ1v) is 11.6. The smallest absolute Gasteiger partial charge is 0.228 e. The van der Waals surface area contributed by atoms with Gasteiger partial charge in [0.25, 0.3) is 0 Å². The van der Waals surface area contributed by atoms with Crippen molar-refractivity contribution in [3.05, 3.63) is 88.8 Å². The predicted octanol–water partition coefficient (Wildman–Crippen LogP) is 4.84. The summed E-state index contributed by atoms with van der Waals surface area (Å²) in [7, 11) is 0. The van der Waals surface area contributed by atoms with Gasteiger partial charge in [-0.1, -0.05) is 30.3 Å². The first-order chi connectivity index (χ1) is 16.0. The van der Waals surface area contributed by atoms with Gasteiger partial charge in [-0.2, -0.15) is 0 Å². The van der Waals surface area contributed by atoms with Crippen molar-refractivity contribution in [3.63, 3.8) is 0 Å². The average Bonchev–Trinajstić information content (AvgIpc) is 2.82. The highest BCUT2D eigenvalue weighted by atomic mass is 19.1. The molecular formula is C27H31FN4O. The number of amides is 1. The Morgan fingerprint density at radius 1 is 1.06 bits per heavy atom. The lowest BCUT2D eigenvalue weighted by Crippen LogP contribution is -2.36. The van der Waals surface area contributed by atoms with Crippen LogP contribution < -0.4 is 5.32 Å². The Morgan fingerprint density at radius 2 is 1.76 bits per heavy atom. The van der Waals surface area contributed by atoms with Crippen molar-refractivity contribution in [1.29, 1.82) is 0 Å². The quantitative estimate of drug-likeness (QED) is 0.564. The van der Waals surface area contributed by atoms with Gasteiger partial charge in [0.05, 0.1) is 6.42 Å². The third-order valence-corrected chi connectivity index (χ3v) is 6.33. The number of rotatable bonds is 7. The lowest BCUT2D eigenvalue weighted by atomic mass is 9.96. The predicted molar refractivity (Wildman–Crippen MR) is 129 cm³/mol. The minimum Gasteiger partial charge on any atom is -0.326 e. The summed E-state index contributed by atoms with van der Waals surface area (Å²) < 4.78 is 13.1. The van der Waals surface area contributed by atoms with E-state index in [-0.39, 0.29) is 18.1 Å². The molecule has 6 heteroatoms. The van der Waals surface area contributed by atoms with E-state index in [4.69, 9.17) is 9.97 Å². The number of aromatic nitrogens is 2. The number of carbonyl (C=O) groups excluding carboxylic acids is 1. The zero-order chi connectivity index (χ0) is 23.2. The van der Waals surface area contributed by atoms with Crippen molar-refractivity contribution >= 4 is 11.6 Å².